The topological polar surface area (TPSA) is 106 Å². The molecular formula is C22H25N3O5. The van der Waals surface area contributed by atoms with Gasteiger partial charge in [0.05, 0.1) is 12.3 Å². The van der Waals surface area contributed by atoms with Gasteiger partial charge in [0.1, 0.15) is 11.5 Å². The molecule has 0 spiro atoms. The fraction of sp³-hybridized carbons (Fsp3) is 0.318. The number of nitrogens with one attached hydrogen (secondary N) is 3. The molecule has 0 radical (unpaired) electrons. The molecule has 3 rings (SSSR count). The van der Waals surface area contributed by atoms with Crippen molar-refractivity contribution in [2.45, 2.75) is 32.6 Å². The second kappa shape index (κ2) is 10.3. The number of unbranched alkanes of at least 4 members (excludes halogenated alkanes) is 3. The van der Waals surface area contributed by atoms with Crippen LogP contribution >= 0.6 is 0 Å². The van der Waals surface area contributed by atoms with Crippen LogP contribution in [0.2, 0.25) is 0 Å². The highest BCUT2D eigenvalue weighted by Gasteiger charge is 2.18. The number of benzene rings is 2. The number of hydrogen-bond acceptors (Lipinski definition) is 5. The summed E-state index contributed by atoms with van der Waals surface area (Å²) in [6.07, 6.45) is 4.52. The number of fused-ring (bicyclic) bond motifs is 1. The van der Waals surface area contributed by atoms with Crippen molar-refractivity contribution in [1.29, 1.82) is 0 Å². The molecular weight excluding hydrogens is 386 g/mol. The van der Waals surface area contributed by atoms with Gasteiger partial charge in [-0.1, -0.05) is 26.2 Å². The van der Waals surface area contributed by atoms with Crippen LogP contribution in [0, 0.1) is 0 Å². The minimum absolute atomic E-state index is 0.104. The first kappa shape index (κ1) is 21.2. The van der Waals surface area contributed by atoms with Gasteiger partial charge in [-0.3, -0.25) is 25.2 Å². The van der Waals surface area contributed by atoms with Crippen molar-refractivity contribution in [3.05, 3.63) is 53.6 Å². The van der Waals surface area contributed by atoms with Crippen molar-refractivity contribution in [3.63, 3.8) is 0 Å². The van der Waals surface area contributed by atoms with E-state index < -0.39 is 11.8 Å². The van der Waals surface area contributed by atoms with Crippen molar-refractivity contribution in [1.82, 2.24) is 10.9 Å². The van der Waals surface area contributed by atoms with E-state index in [9.17, 15) is 14.4 Å². The van der Waals surface area contributed by atoms with Crippen molar-refractivity contribution in [2.75, 3.05) is 18.5 Å². The lowest BCUT2D eigenvalue weighted by molar-refractivity contribution is -0.118. The second-order valence-corrected chi connectivity index (χ2v) is 6.89. The Bertz CT molecular complexity index is 911. The zero-order valence-electron chi connectivity index (χ0n) is 16.8. The van der Waals surface area contributed by atoms with Crippen molar-refractivity contribution in [3.8, 4) is 11.5 Å². The van der Waals surface area contributed by atoms with Crippen LogP contribution in [0.25, 0.3) is 0 Å². The van der Waals surface area contributed by atoms with Crippen LogP contribution < -0.4 is 25.6 Å². The summed E-state index contributed by atoms with van der Waals surface area (Å²) in [7, 11) is 0. The first-order chi connectivity index (χ1) is 14.6. The average molecular weight is 411 g/mol. The Hall–Kier alpha value is -3.55. The summed E-state index contributed by atoms with van der Waals surface area (Å²) < 4.78 is 10.9. The van der Waals surface area contributed by atoms with Crippen LogP contribution in [-0.2, 0) is 4.79 Å². The number of hydrazine groups is 1. The fourth-order valence-corrected chi connectivity index (χ4v) is 2.90. The molecule has 2 aromatic carbocycles. The standard InChI is InChI=1S/C22H25N3O5/c1-2-3-4-5-12-29-17-9-6-15(7-10-17)21(27)24-25-22(28)16-8-11-18-19(13-16)30-14-20(26)23-18/h6-11,13H,2-5,12,14H2,1H3,(H,23,26)(H,24,27)(H,25,28). The highest BCUT2D eigenvalue weighted by molar-refractivity contribution is 6.01. The van der Waals surface area contributed by atoms with E-state index in [1.54, 1.807) is 30.3 Å². The molecule has 3 amide bonds. The van der Waals surface area contributed by atoms with Gasteiger partial charge in [-0.15, -0.1) is 0 Å². The van der Waals surface area contributed by atoms with Gasteiger partial charge in [-0.05, 0) is 48.9 Å². The molecule has 30 heavy (non-hydrogen) atoms. The van der Waals surface area contributed by atoms with E-state index in [-0.39, 0.29) is 18.1 Å². The Labute approximate surface area is 174 Å². The lowest BCUT2D eigenvalue weighted by Gasteiger charge is -2.18. The van der Waals surface area contributed by atoms with Gasteiger partial charge in [0.25, 0.3) is 17.7 Å². The second-order valence-electron chi connectivity index (χ2n) is 6.89. The number of carbonyl (C=O) groups is 3. The van der Waals surface area contributed by atoms with Crippen molar-refractivity contribution >= 4 is 23.4 Å². The molecule has 8 heteroatoms. The van der Waals surface area contributed by atoms with Gasteiger partial charge in [0, 0.05) is 11.1 Å². The van der Waals surface area contributed by atoms with E-state index in [4.69, 9.17) is 9.47 Å². The molecule has 0 aliphatic carbocycles. The Morgan fingerprint density at radius 2 is 1.70 bits per heavy atom. The predicted molar refractivity (Wildman–Crippen MR) is 112 cm³/mol. The number of rotatable bonds is 8. The number of carbonyl (C=O) groups excluding carboxylic acids is 3. The SMILES string of the molecule is CCCCCCOc1ccc(C(=O)NNC(=O)c2ccc3c(c2)OCC(=O)N3)cc1. The molecule has 1 heterocycles. The van der Waals surface area contributed by atoms with Gasteiger partial charge in [0.2, 0.25) is 0 Å². The molecule has 2 aromatic rings. The Morgan fingerprint density at radius 1 is 1.00 bits per heavy atom. The zero-order valence-corrected chi connectivity index (χ0v) is 16.8. The van der Waals surface area contributed by atoms with E-state index >= 15 is 0 Å². The summed E-state index contributed by atoms with van der Waals surface area (Å²) in [6, 6.07) is 11.3. The maximum atomic E-state index is 12.3. The maximum Gasteiger partial charge on any atom is 0.269 e. The molecule has 0 fully saturated rings. The largest absolute Gasteiger partial charge is 0.494 e. The van der Waals surface area contributed by atoms with E-state index in [1.807, 2.05) is 0 Å². The Morgan fingerprint density at radius 3 is 2.43 bits per heavy atom. The van der Waals surface area contributed by atoms with E-state index in [1.165, 1.54) is 25.0 Å². The number of ether oxygens (including phenoxy) is 2. The fourth-order valence-electron chi connectivity index (χ4n) is 2.90. The summed E-state index contributed by atoms with van der Waals surface area (Å²) >= 11 is 0. The first-order valence-corrected chi connectivity index (χ1v) is 9.97. The average Bonchev–Trinajstić information content (AvgIpc) is 2.77. The number of amides is 3. The van der Waals surface area contributed by atoms with Crippen molar-refractivity contribution < 1.29 is 23.9 Å². The molecule has 0 unspecified atom stereocenters. The molecule has 0 aromatic heterocycles. The minimum Gasteiger partial charge on any atom is -0.494 e. The van der Waals surface area contributed by atoms with Gasteiger partial charge in [0.15, 0.2) is 6.61 Å². The molecule has 1 aliphatic rings. The monoisotopic (exact) mass is 411 g/mol. The summed E-state index contributed by atoms with van der Waals surface area (Å²) in [5.74, 6) is -0.0926. The normalized spacial score (nSPS) is 12.2. The highest BCUT2D eigenvalue weighted by Crippen LogP contribution is 2.28. The third kappa shape index (κ3) is 5.73. The van der Waals surface area contributed by atoms with E-state index in [0.717, 1.165) is 12.8 Å². The molecule has 0 atom stereocenters. The summed E-state index contributed by atoms with van der Waals surface area (Å²) in [5, 5.41) is 2.65. The van der Waals surface area contributed by atoms with Gasteiger partial charge in [-0.2, -0.15) is 0 Å². The highest BCUT2D eigenvalue weighted by atomic mass is 16.5. The van der Waals surface area contributed by atoms with Crippen LogP contribution in [0.5, 0.6) is 11.5 Å². The van der Waals surface area contributed by atoms with Crippen LogP contribution in [0.1, 0.15) is 53.3 Å². The zero-order chi connectivity index (χ0) is 21.3. The number of anilines is 1. The van der Waals surface area contributed by atoms with Gasteiger partial charge < -0.3 is 14.8 Å². The maximum absolute atomic E-state index is 12.3. The molecule has 8 nitrogen and oxygen atoms in total. The molecule has 0 saturated heterocycles. The van der Waals surface area contributed by atoms with Crippen LogP contribution in [-0.4, -0.2) is 30.9 Å². The van der Waals surface area contributed by atoms with Crippen LogP contribution in [0.15, 0.2) is 42.5 Å². The molecule has 0 bridgehead atoms. The van der Waals surface area contributed by atoms with Crippen LogP contribution in [0.4, 0.5) is 5.69 Å². The molecule has 0 saturated carbocycles. The summed E-state index contributed by atoms with van der Waals surface area (Å²) in [6.45, 7) is 2.71. The van der Waals surface area contributed by atoms with E-state index in [0.29, 0.717) is 29.4 Å². The predicted octanol–water partition coefficient (Wildman–Crippen LogP) is 3.05. The van der Waals surface area contributed by atoms with Crippen LogP contribution in [0.3, 0.4) is 0 Å². The molecule has 158 valence electrons. The summed E-state index contributed by atoms with van der Waals surface area (Å²) in [5.41, 5.74) is 5.93. The third-order valence-corrected chi connectivity index (χ3v) is 4.55. The third-order valence-electron chi connectivity index (χ3n) is 4.55. The molecule has 1 aliphatic heterocycles. The van der Waals surface area contributed by atoms with Crippen molar-refractivity contribution in [2.24, 2.45) is 0 Å². The lowest BCUT2D eigenvalue weighted by Crippen LogP contribution is -2.41. The first-order valence-electron chi connectivity index (χ1n) is 9.97. The lowest BCUT2D eigenvalue weighted by atomic mass is 10.1. The molecule has 3 N–H and O–H groups in total. The number of hydrogen-bond donors (Lipinski definition) is 3. The smallest absolute Gasteiger partial charge is 0.269 e. The van der Waals surface area contributed by atoms with E-state index in [2.05, 4.69) is 23.1 Å². The Kier molecular flexibility index (Phi) is 7.26. The Balaban J connectivity index is 1.48. The minimum atomic E-state index is -0.501. The summed E-state index contributed by atoms with van der Waals surface area (Å²) in [4.78, 5) is 35.8. The van der Waals surface area contributed by atoms with Gasteiger partial charge >= 0.3 is 0 Å². The quantitative estimate of drug-likeness (QED) is 0.457. The van der Waals surface area contributed by atoms with Gasteiger partial charge in [-0.25, -0.2) is 0 Å².